The van der Waals surface area contributed by atoms with E-state index in [1.807, 2.05) is 35.2 Å². The molecule has 188 valence electrons. The topological polar surface area (TPSA) is 80.8 Å². The van der Waals surface area contributed by atoms with E-state index in [1.54, 1.807) is 43.8 Å². The highest BCUT2D eigenvalue weighted by Crippen LogP contribution is 2.45. The van der Waals surface area contributed by atoms with Gasteiger partial charge >= 0.3 is 0 Å². The van der Waals surface area contributed by atoms with Crippen LogP contribution in [0, 0.1) is 0 Å². The molecule has 2 fully saturated rings. The first kappa shape index (κ1) is 24.3. The zero-order valence-corrected chi connectivity index (χ0v) is 21.5. The standard InChI is InChI=1S/C28H31N3O4S/c1-34-22-14-13-20(16-23(22)35-2)26(32)29-17-21-10-6-7-15-31(21)28(33)24-25(18-8-4-3-5-9-18)36-27(30-24)19-11-12-19/h3-5,8-9,13-14,16,19,21H,6-7,10-12,15,17H2,1-2H3,(H,29,32). The van der Waals surface area contributed by atoms with E-state index < -0.39 is 0 Å². The van der Waals surface area contributed by atoms with Gasteiger partial charge in [0.2, 0.25) is 0 Å². The highest BCUT2D eigenvalue weighted by atomic mass is 32.1. The van der Waals surface area contributed by atoms with Gasteiger partial charge in [0.05, 0.1) is 24.1 Å². The quantitative estimate of drug-likeness (QED) is 0.459. The first-order valence-electron chi connectivity index (χ1n) is 12.5. The number of amides is 2. The first-order valence-corrected chi connectivity index (χ1v) is 13.3. The maximum atomic E-state index is 13.9. The molecule has 3 aromatic rings. The molecule has 36 heavy (non-hydrogen) atoms. The summed E-state index contributed by atoms with van der Waals surface area (Å²) >= 11 is 1.65. The van der Waals surface area contributed by atoms with E-state index in [9.17, 15) is 9.59 Å². The van der Waals surface area contributed by atoms with E-state index in [4.69, 9.17) is 14.5 Å². The van der Waals surface area contributed by atoms with Crippen molar-refractivity contribution in [3.63, 3.8) is 0 Å². The summed E-state index contributed by atoms with van der Waals surface area (Å²) < 4.78 is 10.6. The summed E-state index contributed by atoms with van der Waals surface area (Å²) in [5, 5.41) is 4.09. The van der Waals surface area contributed by atoms with Crippen LogP contribution in [0.25, 0.3) is 10.4 Å². The Labute approximate surface area is 215 Å². The van der Waals surface area contributed by atoms with Gasteiger partial charge in [-0.05, 0) is 55.9 Å². The number of methoxy groups -OCH3 is 2. The Hall–Kier alpha value is -3.39. The molecule has 1 unspecified atom stereocenters. The van der Waals surface area contributed by atoms with Gasteiger partial charge in [0, 0.05) is 30.6 Å². The number of likely N-dealkylation sites (tertiary alicyclic amines) is 1. The lowest BCUT2D eigenvalue weighted by atomic mass is 10.0. The number of carbonyl (C=O) groups excluding carboxylic acids is 2. The number of thiazole rings is 1. The highest BCUT2D eigenvalue weighted by molar-refractivity contribution is 7.15. The number of hydrogen-bond donors (Lipinski definition) is 1. The number of nitrogens with one attached hydrogen (secondary N) is 1. The molecular formula is C28H31N3O4S. The van der Waals surface area contributed by atoms with Crippen molar-refractivity contribution < 1.29 is 19.1 Å². The Morgan fingerprint density at radius 1 is 1.03 bits per heavy atom. The molecule has 1 aliphatic heterocycles. The fraction of sp³-hybridized carbons (Fsp3) is 0.393. The van der Waals surface area contributed by atoms with Crippen LogP contribution in [0.1, 0.15) is 63.9 Å². The van der Waals surface area contributed by atoms with Crippen LogP contribution >= 0.6 is 11.3 Å². The fourth-order valence-electron chi connectivity index (χ4n) is 4.68. The van der Waals surface area contributed by atoms with Crippen LogP contribution in [0.2, 0.25) is 0 Å². The van der Waals surface area contributed by atoms with Crippen LogP contribution in [-0.2, 0) is 0 Å². The van der Waals surface area contributed by atoms with Gasteiger partial charge in [-0.2, -0.15) is 0 Å². The van der Waals surface area contributed by atoms with E-state index >= 15 is 0 Å². The molecule has 8 heteroatoms. The summed E-state index contributed by atoms with van der Waals surface area (Å²) in [6, 6.07) is 15.1. The second kappa shape index (κ2) is 10.7. The second-order valence-electron chi connectivity index (χ2n) is 9.30. The Balaban J connectivity index is 1.34. The Bertz CT molecular complexity index is 1240. The van der Waals surface area contributed by atoms with Crippen LogP contribution in [-0.4, -0.2) is 55.0 Å². The van der Waals surface area contributed by atoms with E-state index in [2.05, 4.69) is 5.32 Å². The molecule has 2 amide bonds. The molecule has 1 N–H and O–H groups in total. The van der Waals surface area contributed by atoms with Gasteiger partial charge in [-0.3, -0.25) is 9.59 Å². The molecule has 1 atom stereocenters. The second-order valence-corrected chi connectivity index (χ2v) is 10.3. The molecular weight excluding hydrogens is 474 g/mol. The van der Waals surface area contributed by atoms with Crippen molar-refractivity contribution in [2.45, 2.75) is 44.1 Å². The number of nitrogens with zero attached hydrogens (tertiary/aromatic N) is 2. The number of carbonyl (C=O) groups is 2. The van der Waals surface area contributed by atoms with E-state index in [0.717, 1.165) is 47.6 Å². The Kier molecular flexibility index (Phi) is 7.23. The predicted molar refractivity (Wildman–Crippen MR) is 140 cm³/mol. The minimum Gasteiger partial charge on any atom is -0.493 e. The average Bonchev–Trinajstić information content (AvgIpc) is 3.69. The molecule has 7 nitrogen and oxygen atoms in total. The van der Waals surface area contributed by atoms with Crippen molar-refractivity contribution in [1.82, 2.24) is 15.2 Å². The lowest BCUT2D eigenvalue weighted by Gasteiger charge is -2.35. The van der Waals surface area contributed by atoms with E-state index in [0.29, 0.717) is 41.8 Å². The normalized spacial score (nSPS) is 17.5. The summed E-state index contributed by atoms with van der Waals surface area (Å²) in [4.78, 5) is 34.5. The number of aromatic nitrogens is 1. The third-order valence-electron chi connectivity index (χ3n) is 6.84. The molecule has 2 aliphatic rings. The SMILES string of the molecule is COc1ccc(C(=O)NCC2CCCCN2C(=O)c2nc(C3CC3)sc2-c2ccccc2)cc1OC. The smallest absolute Gasteiger partial charge is 0.274 e. The molecule has 2 heterocycles. The van der Waals surface area contributed by atoms with Crippen molar-refractivity contribution in [3.05, 3.63) is 64.8 Å². The predicted octanol–water partition coefficient (Wildman–Crippen LogP) is 5.13. The summed E-state index contributed by atoms with van der Waals surface area (Å²) in [5.41, 5.74) is 2.06. The molecule has 0 bridgehead atoms. The van der Waals surface area contributed by atoms with Crippen molar-refractivity contribution in [2.24, 2.45) is 0 Å². The number of piperidine rings is 1. The zero-order valence-electron chi connectivity index (χ0n) is 20.7. The lowest BCUT2D eigenvalue weighted by molar-refractivity contribution is 0.0598. The van der Waals surface area contributed by atoms with Crippen LogP contribution in [0.4, 0.5) is 0 Å². The maximum Gasteiger partial charge on any atom is 0.274 e. The minimum absolute atomic E-state index is 0.0398. The molecule has 2 aromatic carbocycles. The molecule has 1 aliphatic carbocycles. The van der Waals surface area contributed by atoms with Gasteiger partial charge in [0.1, 0.15) is 5.69 Å². The summed E-state index contributed by atoms with van der Waals surface area (Å²) in [6.07, 6.45) is 5.11. The number of hydrogen-bond acceptors (Lipinski definition) is 6. The summed E-state index contributed by atoms with van der Waals surface area (Å²) in [6.45, 7) is 1.06. The van der Waals surface area contributed by atoms with Crippen LogP contribution in [0.15, 0.2) is 48.5 Å². The van der Waals surface area contributed by atoms with Crippen molar-refractivity contribution in [3.8, 4) is 21.9 Å². The molecule has 1 saturated carbocycles. The Morgan fingerprint density at radius 2 is 1.81 bits per heavy atom. The van der Waals surface area contributed by atoms with Gasteiger partial charge in [0.25, 0.3) is 11.8 Å². The van der Waals surface area contributed by atoms with E-state index in [1.165, 1.54) is 0 Å². The monoisotopic (exact) mass is 505 g/mol. The highest BCUT2D eigenvalue weighted by Gasteiger charge is 2.34. The van der Waals surface area contributed by atoms with Gasteiger partial charge in [-0.15, -0.1) is 11.3 Å². The average molecular weight is 506 g/mol. The molecule has 0 radical (unpaired) electrons. The number of benzene rings is 2. The minimum atomic E-state index is -0.205. The maximum absolute atomic E-state index is 13.9. The van der Waals surface area contributed by atoms with Crippen LogP contribution < -0.4 is 14.8 Å². The molecule has 1 saturated heterocycles. The summed E-state index contributed by atoms with van der Waals surface area (Å²) in [5.74, 6) is 1.31. The molecule has 5 rings (SSSR count). The van der Waals surface area contributed by atoms with Crippen molar-refractivity contribution in [2.75, 3.05) is 27.3 Å². The first-order chi connectivity index (χ1) is 17.6. The van der Waals surface area contributed by atoms with Gasteiger partial charge in [-0.25, -0.2) is 4.98 Å². The number of ether oxygens (including phenoxy) is 2. The lowest BCUT2D eigenvalue weighted by Crippen LogP contribution is -2.49. The molecule has 0 spiro atoms. The molecule has 1 aromatic heterocycles. The van der Waals surface area contributed by atoms with Gasteiger partial charge < -0.3 is 19.7 Å². The summed E-state index contributed by atoms with van der Waals surface area (Å²) in [7, 11) is 3.10. The largest absolute Gasteiger partial charge is 0.493 e. The van der Waals surface area contributed by atoms with Gasteiger partial charge in [0.15, 0.2) is 11.5 Å². The van der Waals surface area contributed by atoms with Crippen molar-refractivity contribution in [1.29, 1.82) is 0 Å². The third-order valence-corrected chi connectivity index (χ3v) is 8.11. The Morgan fingerprint density at radius 3 is 2.53 bits per heavy atom. The van der Waals surface area contributed by atoms with Crippen LogP contribution in [0.5, 0.6) is 11.5 Å². The zero-order chi connectivity index (χ0) is 25.1. The third kappa shape index (κ3) is 5.09. The van der Waals surface area contributed by atoms with Crippen molar-refractivity contribution >= 4 is 23.2 Å². The van der Waals surface area contributed by atoms with E-state index in [-0.39, 0.29) is 17.9 Å². The van der Waals surface area contributed by atoms with Crippen LogP contribution in [0.3, 0.4) is 0 Å². The fourth-order valence-corrected chi connectivity index (χ4v) is 5.91. The number of rotatable bonds is 8. The van der Waals surface area contributed by atoms with Gasteiger partial charge in [-0.1, -0.05) is 30.3 Å².